The van der Waals surface area contributed by atoms with Crippen LogP contribution in [0.25, 0.3) is 0 Å². The molecule has 0 amide bonds. The van der Waals surface area contributed by atoms with Gasteiger partial charge in [0.2, 0.25) is 0 Å². The zero-order valence-electron chi connectivity index (χ0n) is 17.7. The number of methoxy groups -OCH3 is 1. The molecular formula is C25H35NO2. The molecule has 0 radical (unpaired) electrons. The average molecular weight is 382 g/mol. The van der Waals surface area contributed by atoms with Crippen molar-refractivity contribution in [3.8, 4) is 11.5 Å². The third kappa shape index (κ3) is 4.88. The van der Waals surface area contributed by atoms with E-state index < -0.39 is 0 Å². The number of rotatable bonds is 8. The Morgan fingerprint density at radius 1 is 0.893 bits per heavy atom. The Morgan fingerprint density at radius 2 is 1.50 bits per heavy atom. The molecule has 0 saturated carbocycles. The second-order valence-electron chi connectivity index (χ2n) is 8.03. The Labute approximate surface area is 170 Å². The van der Waals surface area contributed by atoms with E-state index in [1.54, 1.807) is 7.11 Å². The SMILES string of the molecule is CC[C@H](c1ccc(OC)cc1)[C@@H](CC)c1ccc(O)c(CN2CCCCC2)c1. The minimum absolute atomic E-state index is 0.432. The van der Waals surface area contributed by atoms with E-state index in [0.717, 1.165) is 43.8 Å². The van der Waals surface area contributed by atoms with E-state index in [0.29, 0.717) is 17.6 Å². The number of nitrogens with zero attached hydrogens (tertiary/aromatic N) is 1. The van der Waals surface area contributed by atoms with Crippen molar-refractivity contribution in [1.82, 2.24) is 4.90 Å². The summed E-state index contributed by atoms with van der Waals surface area (Å²) in [7, 11) is 1.71. The normalized spacial score (nSPS) is 17.2. The summed E-state index contributed by atoms with van der Waals surface area (Å²) in [4.78, 5) is 2.48. The topological polar surface area (TPSA) is 32.7 Å². The zero-order chi connectivity index (χ0) is 19.9. The second kappa shape index (κ2) is 9.97. The largest absolute Gasteiger partial charge is 0.508 e. The fourth-order valence-corrected chi connectivity index (χ4v) is 4.68. The zero-order valence-corrected chi connectivity index (χ0v) is 17.7. The maximum absolute atomic E-state index is 10.5. The highest BCUT2D eigenvalue weighted by Crippen LogP contribution is 2.39. The van der Waals surface area contributed by atoms with E-state index in [9.17, 15) is 5.11 Å². The van der Waals surface area contributed by atoms with Crippen molar-refractivity contribution in [1.29, 1.82) is 0 Å². The van der Waals surface area contributed by atoms with Gasteiger partial charge in [0.25, 0.3) is 0 Å². The smallest absolute Gasteiger partial charge is 0.120 e. The van der Waals surface area contributed by atoms with Gasteiger partial charge in [0.15, 0.2) is 0 Å². The summed E-state index contributed by atoms with van der Waals surface area (Å²) in [6.07, 6.45) is 6.05. The van der Waals surface area contributed by atoms with Crippen LogP contribution in [-0.2, 0) is 6.54 Å². The van der Waals surface area contributed by atoms with Crippen LogP contribution in [0.3, 0.4) is 0 Å². The monoisotopic (exact) mass is 381 g/mol. The van der Waals surface area contributed by atoms with E-state index in [-0.39, 0.29) is 0 Å². The molecule has 0 spiro atoms. The van der Waals surface area contributed by atoms with Crippen molar-refractivity contribution in [2.75, 3.05) is 20.2 Å². The molecule has 1 aliphatic heterocycles. The van der Waals surface area contributed by atoms with Gasteiger partial charge in [0.1, 0.15) is 11.5 Å². The highest BCUT2D eigenvalue weighted by molar-refractivity contribution is 5.40. The number of hydrogen-bond acceptors (Lipinski definition) is 3. The summed E-state index contributed by atoms with van der Waals surface area (Å²) >= 11 is 0. The van der Waals surface area contributed by atoms with Crippen LogP contribution >= 0.6 is 0 Å². The lowest BCUT2D eigenvalue weighted by molar-refractivity contribution is 0.218. The maximum Gasteiger partial charge on any atom is 0.120 e. The maximum atomic E-state index is 10.5. The lowest BCUT2D eigenvalue weighted by Gasteiger charge is -2.29. The number of hydrogen-bond donors (Lipinski definition) is 1. The molecule has 0 bridgehead atoms. The molecule has 28 heavy (non-hydrogen) atoms. The van der Waals surface area contributed by atoms with Crippen LogP contribution in [0, 0.1) is 0 Å². The number of ether oxygens (including phenoxy) is 1. The molecule has 2 aromatic rings. The van der Waals surface area contributed by atoms with Crippen molar-refractivity contribution in [3.63, 3.8) is 0 Å². The molecule has 3 rings (SSSR count). The van der Waals surface area contributed by atoms with Gasteiger partial charge in [-0.1, -0.05) is 44.5 Å². The lowest BCUT2D eigenvalue weighted by Crippen LogP contribution is -2.29. The molecule has 1 fully saturated rings. The van der Waals surface area contributed by atoms with Gasteiger partial charge in [0, 0.05) is 12.1 Å². The van der Waals surface area contributed by atoms with E-state index in [4.69, 9.17) is 4.74 Å². The molecule has 0 unspecified atom stereocenters. The molecule has 0 aromatic heterocycles. The van der Waals surface area contributed by atoms with Crippen LogP contribution in [0.4, 0.5) is 0 Å². The Hall–Kier alpha value is -2.00. The number of benzene rings is 2. The third-order valence-electron chi connectivity index (χ3n) is 6.28. The van der Waals surface area contributed by atoms with E-state index in [1.165, 1.54) is 30.4 Å². The van der Waals surface area contributed by atoms with Crippen molar-refractivity contribution in [2.45, 2.75) is 64.3 Å². The molecule has 1 saturated heterocycles. The molecule has 0 aliphatic carbocycles. The molecule has 3 heteroatoms. The summed E-state index contributed by atoms with van der Waals surface area (Å²) < 4.78 is 5.32. The van der Waals surface area contributed by atoms with Crippen LogP contribution in [0.5, 0.6) is 11.5 Å². The standard InChI is InChI=1S/C25H35NO2/c1-4-23(19-9-12-22(28-3)13-10-19)24(5-2)20-11-14-25(27)21(17-20)18-26-15-7-6-8-16-26/h9-14,17,23-24,27H,4-8,15-16,18H2,1-3H3/t23-,24+/m1/s1. The van der Waals surface area contributed by atoms with Gasteiger partial charge in [-0.3, -0.25) is 4.90 Å². The van der Waals surface area contributed by atoms with E-state index in [1.807, 2.05) is 6.07 Å². The quantitative estimate of drug-likeness (QED) is 0.602. The third-order valence-corrected chi connectivity index (χ3v) is 6.28. The summed E-state index contributed by atoms with van der Waals surface area (Å²) in [5.74, 6) is 2.24. The highest BCUT2D eigenvalue weighted by atomic mass is 16.5. The van der Waals surface area contributed by atoms with Gasteiger partial charge in [-0.15, -0.1) is 0 Å². The molecule has 2 atom stereocenters. The summed E-state index contributed by atoms with van der Waals surface area (Å²) in [5.41, 5.74) is 3.78. The molecular weight excluding hydrogens is 346 g/mol. The number of phenols is 1. The van der Waals surface area contributed by atoms with Crippen molar-refractivity contribution >= 4 is 0 Å². The Morgan fingerprint density at radius 3 is 2.11 bits per heavy atom. The Kier molecular flexibility index (Phi) is 7.38. The molecule has 1 N–H and O–H groups in total. The first kappa shape index (κ1) is 20.7. The van der Waals surface area contributed by atoms with Gasteiger partial charge < -0.3 is 9.84 Å². The lowest BCUT2D eigenvalue weighted by atomic mass is 9.78. The van der Waals surface area contributed by atoms with Crippen LogP contribution in [0.1, 0.15) is 74.5 Å². The molecule has 1 aliphatic rings. The number of piperidine rings is 1. The van der Waals surface area contributed by atoms with Gasteiger partial charge in [0.05, 0.1) is 7.11 Å². The van der Waals surface area contributed by atoms with E-state index >= 15 is 0 Å². The first-order chi connectivity index (χ1) is 13.7. The van der Waals surface area contributed by atoms with Gasteiger partial charge in [-0.2, -0.15) is 0 Å². The van der Waals surface area contributed by atoms with Crippen LogP contribution in [0.2, 0.25) is 0 Å². The summed E-state index contributed by atoms with van der Waals surface area (Å²) in [5, 5.41) is 10.5. The minimum atomic E-state index is 0.432. The molecule has 1 heterocycles. The molecule has 3 nitrogen and oxygen atoms in total. The van der Waals surface area contributed by atoms with E-state index in [2.05, 4.69) is 55.1 Å². The van der Waals surface area contributed by atoms with Crippen LogP contribution < -0.4 is 4.74 Å². The van der Waals surface area contributed by atoms with Crippen molar-refractivity contribution < 1.29 is 9.84 Å². The van der Waals surface area contributed by atoms with Crippen LogP contribution in [0.15, 0.2) is 42.5 Å². The number of aromatic hydroxyl groups is 1. The number of phenolic OH excluding ortho intramolecular Hbond substituents is 1. The van der Waals surface area contributed by atoms with Gasteiger partial charge in [-0.25, -0.2) is 0 Å². The fraction of sp³-hybridized carbons (Fsp3) is 0.520. The molecule has 152 valence electrons. The Balaban J connectivity index is 1.84. The van der Waals surface area contributed by atoms with Crippen LogP contribution in [-0.4, -0.2) is 30.2 Å². The summed E-state index contributed by atoms with van der Waals surface area (Å²) in [6, 6.07) is 14.8. The first-order valence-corrected chi connectivity index (χ1v) is 10.8. The average Bonchev–Trinajstić information content (AvgIpc) is 2.74. The first-order valence-electron chi connectivity index (χ1n) is 10.8. The summed E-state index contributed by atoms with van der Waals surface area (Å²) in [6.45, 7) is 7.69. The predicted octanol–water partition coefficient (Wildman–Crippen LogP) is 6.07. The Bertz CT molecular complexity index is 735. The molecule has 2 aromatic carbocycles. The predicted molar refractivity (Wildman–Crippen MR) is 116 cm³/mol. The second-order valence-corrected chi connectivity index (χ2v) is 8.03. The highest BCUT2D eigenvalue weighted by Gasteiger charge is 2.23. The van der Waals surface area contributed by atoms with Gasteiger partial charge >= 0.3 is 0 Å². The van der Waals surface area contributed by atoms with Gasteiger partial charge in [-0.05, 0) is 79.9 Å². The number of likely N-dealkylation sites (tertiary alicyclic amines) is 1. The minimum Gasteiger partial charge on any atom is -0.508 e. The fourth-order valence-electron chi connectivity index (χ4n) is 4.68. The van der Waals surface area contributed by atoms with Crippen molar-refractivity contribution in [2.24, 2.45) is 0 Å². The van der Waals surface area contributed by atoms with Crippen molar-refractivity contribution in [3.05, 3.63) is 59.2 Å².